The summed E-state index contributed by atoms with van der Waals surface area (Å²) in [5, 5.41) is 2.87. The quantitative estimate of drug-likeness (QED) is 0.665. The van der Waals surface area contributed by atoms with E-state index in [9.17, 15) is 4.79 Å². The van der Waals surface area contributed by atoms with Crippen molar-refractivity contribution in [3.63, 3.8) is 0 Å². The van der Waals surface area contributed by atoms with Gasteiger partial charge in [0.2, 0.25) is 5.91 Å². The number of hydrogen-bond acceptors (Lipinski definition) is 4. The molecule has 1 unspecified atom stereocenters. The van der Waals surface area contributed by atoms with Crippen molar-refractivity contribution in [2.24, 2.45) is 5.73 Å². The zero-order valence-corrected chi connectivity index (χ0v) is 12.2. The largest absolute Gasteiger partial charge is 0.497 e. The van der Waals surface area contributed by atoms with Gasteiger partial charge in [0.15, 0.2) is 0 Å². The molecule has 1 aromatic rings. The van der Waals surface area contributed by atoms with Gasteiger partial charge in [0.25, 0.3) is 0 Å². The maximum Gasteiger partial charge on any atom is 0.222 e. The molecular formula is C15H24N2O3. The second-order valence-corrected chi connectivity index (χ2v) is 4.60. The molecule has 20 heavy (non-hydrogen) atoms. The lowest BCUT2D eigenvalue weighted by Crippen LogP contribution is -2.32. The van der Waals surface area contributed by atoms with Crippen LogP contribution in [0.25, 0.3) is 0 Å². The molecule has 0 aliphatic rings. The van der Waals surface area contributed by atoms with Gasteiger partial charge < -0.3 is 20.5 Å². The topological polar surface area (TPSA) is 73.6 Å². The number of benzene rings is 1. The van der Waals surface area contributed by atoms with E-state index in [4.69, 9.17) is 15.2 Å². The summed E-state index contributed by atoms with van der Waals surface area (Å²) in [6, 6.07) is 7.96. The summed E-state index contributed by atoms with van der Waals surface area (Å²) in [5.74, 6) is 0.838. The van der Waals surface area contributed by atoms with E-state index >= 15 is 0 Å². The summed E-state index contributed by atoms with van der Waals surface area (Å²) in [6.45, 7) is 1.00. The first-order valence-corrected chi connectivity index (χ1v) is 6.82. The Kier molecular flexibility index (Phi) is 7.69. The van der Waals surface area contributed by atoms with Crippen LogP contribution in [0.15, 0.2) is 24.3 Å². The SMILES string of the molecule is COc1cccc(CCCNC(=O)CC(CN)OC)c1. The number of rotatable bonds is 9. The molecule has 0 radical (unpaired) electrons. The molecule has 1 rings (SSSR count). The number of carbonyl (C=O) groups excluding carboxylic acids is 1. The summed E-state index contributed by atoms with van der Waals surface area (Å²) in [7, 11) is 3.22. The highest BCUT2D eigenvalue weighted by atomic mass is 16.5. The highest BCUT2D eigenvalue weighted by Crippen LogP contribution is 2.13. The molecule has 0 aromatic heterocycles. The molecule has 3 N–H and O–H groups in total. The van der Waals surface area contributed by atoms with Gasteiger partial charge in [-0.25, -0.2) is 0 Å². The summed E-state index contributed by atoms with van der Waals surface area (Å²) >= 11 is 0. The van der Waals surface area contributed by atoms with Crippen molar-refractivity contribution in [1.29, 1.82) is 0 Å². The maximum atomic E-state index is 11.6. The van der Waals surface area contributed by atoms with Gasteiger partial charge in [-0.2, -0.15) is 0 Å². The van der Waals surface area contributed by atoms with Crippen LogP contribution in [-0.4, -0.2) is 39.3 Å². The van der Waals surface area contributed by atoms with Crippen molar-refractivity contribution in [2.45, 2.75) is 25.4 Å². The Morgan fingerprint density at radius 1 is 1.40 bits per heavy atom. The number of nitrogens with two attached hydrogens (primary N) is 1. The molecule has 0 fully saturated rings. The first-order valence-electron chi connectivity index (χ1n) is 6.82. The Morgan fingerprint density at radius 3 is 2.85 bits per heavy atom. The van der Waals surface area contributed by atoms with Crippen molar-refractivity contribution in [2.75, 3.05) is 27.3 Å². The summed E-state index contributed by atoms with van der Waals surface area (Å²) in [4.78, 5) is 11.6. The lowest BCUT2D eigenvalue weighted by atomic mass is 10.1. The predicted octanol–water partition coefficient (Wildman–Crippen LogP) is 1.11. The van der Waals surface area contributed by atoms with Crippen LogP contribution in [0.5, 0.6) is 5.75 Å². The first kappa shape index (κ1) is 16.5. The van der Waals surface area contributed by atoms with E-state index in [0.717, 1.165) is 18.6 Å². The average Bonchev–Trinajstić information content (AvgIpc) is 2.49. The Balaban J connectivity index is 2.22. The van der Waals surface area contributed by atoms with Gasteiger partial charge in [-0.15, -0.1) is 0 Å². The third-order valence-electron chi connectivity index (χ3n) is 3.11. The number of ether oxygens (including phenoxy) is 2. The third-order valence-corrected chi connectivity index (χ3v) is 3.11. The monoisotopic (exact) mass is 280 g/mol. The third kappa shape index (κ3) is 6.04. The van der Waals surface area contributed by atoms with Gasteiger partial charge in [-0.1, -0.05) is 12.1 Å². The molecule has 0 heterocycles. The molecule has 0 spiro atoms. The smallest absolute Gasteiger partial charge is 0.222 e. The molecule has 1 amide bonds. The summed E-state index contributed by atoms with van der Waals surface area (Å²) in [6.07, 6.45) is 1.90. The zero-order valence-electron chi connectivity index (χ0n) is 12.2. The van der Waals surface area contributed by atoms with Crippen LogP contribution < -0.4 is 15.8 Å². The molecule has 5 nitrogen and oxygen atoms in total. The maximum absolute atomic E-state index is 11.6. The molecule has 112 valence electrons. The second kappa shape index (κ2) is 9.34. The van der Waals surface area contributed by atoms with Crippen LogP contribution in [0.1, 0.15) is 18.4 Å². The van der Waals surface area contributed by atoms with Crippen molar-refractivity contribution in [3.05, 3.63) is 29.8 Å². The number of aryl methyl sites for hydroxylation is 1. The molecule has 1 atom stereocenters. The fourth-order valence-corrected chi connectivity index (χ4v) is 1.89. The van der Waals surface area contributed by atoms with E-state index in [2.05, 4.69) is 11.4 Å². The minimum Gasteiger partial charge on any atom is -0.497 e. The van der Waals surface area contributed by atoms with Crippen molar-refractivity contribution in [3.8, 4) is 5.75 Å². The van der Waals surface area contributed by atoms with E-state index in [1.54, 1.807) is 14.2 Å². The van der Waals surface area contributed by atoms with Gasteiger partial charge >= 0.3 is 0 Å². The van der Waals surface area contributed by atoms with Crippen molar-refractivity contribution in [1.82, 2.24) is 5.32 Å². The number of carbonyl (C=O) groups is 1. The Hall–Kier alpha value is -1.59. The Labute approximate surface area is 120 Å². The minimum atomic E-state index is -0.201. The van der Waals surface area contributed by atoms with Crippen molar-refractivity contribution >= 4 is 5.91 Å². The fraction of sp³-hybridized carbons (Fsp3) is 0.533. The number of amides is 1. The fourth-order valence-electron chi connectivity index (χ4n) is 1.89. The van der Waals surface area contributed by atoms with Crippen LogP contribution in [0.2, 0.25) is 0 Å². The molecule has 0 aliphatic heterocycles. The van der Waals surface area contributed by atoms with Gasteiger partial charge in [0.05, 0.1) is 19.6 Å². The van der Waals surface area contributed by atoms with E-state index in [0.29, 0.717) is 19.5 Å². The highest BCUT2D eigenvalue weighted by Gasteiger charge is 2.10. The molecule has 0 bridgehead atoms. The minimum absolute atomic E-state index is 0.0204. The van der Waals surface area contributed by atoms with E-state index in [1.165, 1.54) is 5.56 Å². The second-order valence-electron chi connectivity index (χ2n) is 4.60. The Morgan fingerprint density at radius 2 is 2.20 bits per heavy atom. The standard InChI is InChI=1S/C15H24N2O3/c1-19-13-7-3-5-12(9-13)6-4-8-17-15(18)10-14(11-16)20-2/h3,5,7,9,14H,4,6,8,10-11,16H2,1-2H3,(H,17,18). The zero-order chi connectivity index (χ0) is 14.8. The molecule has 0 aliphatic carbocycles. The van der Waals surface area contributed by atoms with E-state index < -0.39 is 0 Å². The van der Waals surface area contributed by atoms with Gasteiger partial charge in [0, 0.05) is 20.2 Å². The van der Waals surface area contributed by atoms with E-state index in [1.807, 2.05) is 18.2 Å². The van der Waals surface area contributed by atoms with Crippen LogP contribution in [0, 0.1) is 0 Å². The lowest BCUT2D eigenvalue weighted by molar-refractivity contribution is -0.123. The van der Waals surface area contributed by atoms with Crippen LogP contribution in [-0.2, 0) is 16.0 Å². The predicted molar refractivity (Wildman–Crippen MR) is 78.8 cm³/mol. The van der Waals surface area contributed by atoms with Gasteiger partial charge in [-0.3, -0.25) is 4.79 Å². The molecule has 0 saturated carbocycles. The van der Waals surface area contributed by atoms with Crippen LogP contribution in [0.4, 0.5) is 0 Å². The number of nitrogens with one attached hydrogen (secondary N) is 1. The normalized spacial score (nSPS) is 11.9. The van der Waals surface area contributed by atoms with Crippen molar-refractivity contribution < 1.29 is 14.3 Å². The van der Waals surface area contributed by atoms with E-state index in [-0.39, 0.29) is 12.0 Å². The van der Waals surface area contributed by atoms with Gasteiger partial charge in [0.1, 0.15) is 5.75 Å². The average molecular weight is 280 g/mol. The molecule has 5 heteroatoms. The van der Waals surface area contributed by atoms with Crippen LogP contribution >= 0.6 is 0 Å². The van der Waals surface area contributed by atoms with Crippen LogP contribution in [0.3, 0.4) is 0 Å². The Bertz CT molecular complexity index is 406. The molecular weight excluding hydrogens is 256 g/mol. The highest BCUT2D eigenvalue weighted by molar-refractivity contribution is 5.76. The summed E-state index contributed by atoms with van der Waals surface area (Å²) < 4.78 is 10.2. The summed E-state index contributed by atoms with van der Waals surface area (Å²) in [5.41, 5.74) is 6.68. The number of methoxy groups -OCH3 is 2. The first-order chi connectivity index (χ1) is 9.69. The van der Waals surface area contributed by atoms with Gasteiger partial charge in [-0.05, 0) is 30.5 Å². The number of hydrogen-bond donors (Lipinski definition) is 2. The molecule has 0 saturated heterocycles. The lowest BCUT2D eigenvalue weighted by Gasteiger charge is -2.12. The molecule has 1 aromatic carbocycles.